The molecule has 4 aliphatic heterocycles. The van der Waals surface area contributed by atoms with Crippen molar-refractivity contribution >= 4 is 52.3 Å². The summed E-state index contributed by atoms with van der Waals surface area (Å²) in [6.07, 6.45) is 8.01. The van der Waals surface area contributed by atoms with E-state index in [2.05, 4.69) is 20.4 Å². The highest BCUT2D eigenvalue weighted by Gasteiger charge is 2.40. The molecule has 81 heavy (non-hydrogen) atoms. The van der Waals surface area contributed by atoms with Crippen LogP contribution in [0.5, 0.6) is 11.5 Å². The highest BCUT2D eigenvalue weighted by molar-refractivity contribution is 6.30. The van der Waals surface area contributed by atoms with Crippen molar-refractivity contribution in [1.82, 2.24) is 20.0 Å². The van der Waals surface area contributed by atoms with Crippen LogP contribution in [-0.4, -0.2) is 183 Å². The molecule has 0 radical (unpaired) electrons. The summed E-state index contributed by atoms with van der Waals surface area (Å²) in [4.78, 5) is 60.1. The number of amides is 4. The summed E-state index contributed by atoms with van der Waals surface area (Å²) in [6, 6.07) is 27.1. The summed E-state index contributed by atoms with van der Waals surface area (Å²) in [7, 11) is 5.63. The van der Waals surface area contributed by atoms with Crippen molar-refractivity contribution in [1.29, 1.82) is 0 Å². The largest absolute Gasteiger partial charge is 0.493 e. The number of hydrogen-bond donors (Lipinski definition) is 2. The molecule has 1 saturated carbocycles. The number of piperazine rings is 1. The summed E-state index contributed by atoms with van der Waals surface area (Å²) in [5, 5.41) is 6.47. The van der Waals surface area contributed by atoms with E-state index >= 15 is 0 Å². The Morgan fingerprint density at radius 2 is 1.32 bits per heavy atom. The van der Waals surface area contributed by atoms with Gasteiger partial charge in [0.15, 0.2) is 11.5 Å². The van der Waals surface area contributed by atoms with E-state index in [-0.39, 0.29) is 30.2 Å². The van der Waals surface area contributed by atoms with Crippen LogP contribution in [0.15, 0.2) is 84.9 Å². The van der Waals surface area contributed by atoms with Crippen LogP contribution in [0.2, 0.25) is 5.02 Å². The van der Waals surface area contributed by atoms with Gasteiger partial charge < -0.3 is 53.2 Å². The fourth-order valence-electron chi connectivity index (χ4n) is 10.5. The van der Waals surface area contributed by atoms with Crippen molar-refractivity contribution in [2.24, 2.45) is 0 Å². The molecule has 4 aromatic rings. The summed E-state index contributed by atoms with van der Waals surface area (Å²) < 4.78 is 39.5. The summed E-state index contributed by atoms with van der Waals surface area (Å²) in [6.45, 7) is 16.5. The number of anilines is 3. The minimum atomic E-state index is -0.625. The molecule has 5 aliphatic rings. The second-order valence-electron chi connectivity index (χ2n) is 21.2. The van der Waals surface area contributed by atoms with Crippen LogP contribution < -0.4 is 29.9 Å². The van der Waals surface area contributed by atoms with E-state index in [4.69, 9.17) is 44.8 Å². The van der Waals surface area contributed by atoms with Crippen LogP contribution in [0.25, 0.3) is 0 Å². The number of ether oxygens (including phenoxy) is 7. The quantitative estimate of drug-likeness (QED) is 0.0459. The lowest BCUT2D eigenvalue weighted by Crippen LogP contribution is -2.52. The Labute approximate surface area is 484 Å². The first-order chi connectivity index (χ1) is 39.4. The molecule has 0 bridgehead atoms. The van der Waals surface area contributed by atoms with Crippen LogP contribution in [-0.2, 0) is 57.6 Å². The lowest BCUT2D eigenvalue weighted by molar-refractivity contribution is -0.137. The lowest BCUT2D eigenvalue weighted by Gasteiger charge is -2.40. The number of nitrogens with zero attached hydrogens (tertiary/aromatic N) is 5. The van der Waals surface area contributed by atoms with Gasteiger partial charge in [0.2, 0.25) is 17.7 Å². The van der Waals surface area contributed by atoms with Crippen molar-refractivity contribution in [3.8, 4) is 11.5 Å². The summed E-state index contributed by atoms with van der Waals surface area (Å²) in [5.41, 5.74) is 6.41. The zero-order chi connectivity index (χ0) is 57.3. The van der Waals surface area contributed by atoms with Gasteiger partial charge in [-0.2, -0.15) is 0 Å². The molecule has 0 spiro atoms. The predicted octanol–water partition coefficient (Wildman–Crippen LogP) is 7.87. The second kappa shape index (κ2) is 33.3. The first-order valence-electron chi connectivity index (χ1n) is 28.9. The Morgan fingerprint density at radius 1 is 0.691 bits per heavy atom. The number of halogens is 1. The van der Waals surface area contributed by atoms with Crippen molar-refractivity contribution in [3.05, 3.63) is 112 Å². The molecule has 1 aliphatic carbocycles. The smallest absolute Gasteiger partial charge is 0.255 e. The highest BCUT2D eigenvalue weighted by Crippen LogP contribution is 2.36. The fraction of sp³-hybridized carbons (Fsp3) is 0.548. The molecule has 1 atom stereocenters. The monoisotopic (exact) mass is 1140 g/mol. The van der Waals surface area contributed by atoms with Gasteiger partial charge in [0, 0.05) is 106 Å². The third kappa shape index (κ3) is 19.7. The number of carbonyl (C=O) groups is 4. The van der Waals surface area contributed by atoms with Gasteiger partial charge in [-0.15, -0.1) is 0 Å². The molecule has 19 heteroatoms. The minimum Gasteiger partial charge on any atom is -0.493 e. The van der Waals surface area contributed by atoms with Gasteiger partial charge in [0.05, 0.1) is 92.2 Å². The number of nitrogens with one attached hydrogen (secondary N) is 2. The minimum absolute atomic E-state index is 0.0573. The van der Waals surface area contributed by atoms with Crippen molar-refractivity contribution in [2.45, 2.75) is 96.5 Å². The Morgan fingerprint density at radius 3 is 1.91 bits per heavy atom. The first kappa shape index (κ1) is 62.8. The number of imide groups is 1. The zero-order valence-corrected chi connectivity index (χ0v) is 49.1. The highest BCUT2D eigenvalue weighted by atomic mass is 35.5. The number of rotatable bonds is 26. The van der Waals surface area contributed by atoms with Crippen LogP contribution in [0.1, 0.15) is 85.8 Å². The maximum Gasteiger partial charge on any atom is 0.255 e. The van der Waals surface area contributed by atoms with Crippen LogP contribution in [0, 0.1) is 0 Å². The molecule has 9 rings (SSSR count). The second-order valence-corrected chi connectivity index (χ2v) is 21.6. The normalized spacial score (nSPS) is 17.6. The Kier molecular flexibility index (Phi) is 25.8. The average Bonchev–Trinajstić information content (AvgIpc) is 3.94. The summed E-state index contributed by atoms with van der Waals surface area (Å²) >= 11 is 5.54. The molecule has 2 N–H and O–H groups in total. The number of carbonyl (C=O) groups excluding carboxylic acids is 4. The van der Waals surface area contributed by atoms with Crippen molar-refractivity contribution in [3.63, 3.8) is 0 Å². The Balaban J connectivity index is 0.000000237. The molecule has 4 amide bonds. The van der Waals surface area contributed by atoms with Gasteiger partial charge in [-0.05, 0) is 105 Å². The van der Waals surface area contributed by atoms with Gasteiger partial charge in [-0.1, -0.05) is 55.1 Å². The van der Waals surface area contributed by atoms with E-state index in [0.717, 1.165) is 76.8 Å². The van der Waals surface area contributed by atoms with Gasteiger partial charge in [-0.25, -0.2) is 0 Å². The number of hydrogen-bond acceptors (Lipinski definition) is 15. The molecule has 4 aromatic carbocycles. The van der Waals surface area contributed by atoms with E-state index in [9.17, 15) is 19.2 Å². The fourth-order valence-corrected chi connectivity index (χ4v) is 10.7. The predicted molar refractivity (Wildman–Crippen MR) is 316 cm³/mol. The average molecular weight is 1140 g/mol. The van der Waals surface area contributed by atoms with E-state index in [1.54, 1.807) is 18.1 Å². The van der Waals surface area contributed by atoms with Crippen molar-refractivity contribution in [2.75, 3.05) is 142 Å². The van der Waals surface area contributed by atoms with Gasteiger partial charge in [-0.3, -0.25) is 34.3 Å². The van der Waals surface area contributed by atoms with Gasteiger partial charge in [0.1, 0.15) is 6.04 Å². The third-order valence-electron chi connectivity index (χ3n) is 14.9. The summed E-state index contributed by atoms with van der Waals surface area (Å²) in [5.74, 6) is 0.603. The molecule has 2 saturated heterocycles. The standard InChI is InChI=1S/C35H55N5O8.C21H26N2O3.C6H5Cl/c41-33-10-9-32(34(42)37-33)40-27-30-29(35(40)43)7-4-8-31(30)36-11-17-44-19-21-46-23-25-48-26-24-47-22-20-45-18-16-38-12-14-39(15-13-38)28-5-2-1-3-6-28;1-14(2)26-20-11-16-13-23(18-8-6-17(7-9-18)22(3)4)21(24)12-15(16)10-19(20)25-5;7-6-4-2-1-3-5-6/h4,7-8,28,32,36H,1-3,5-6,9-27H2,(H,37,41,42);6-11,14H,12-13H2,1-5H3;1-5H. The number of fused-ring (bicyclic) bond motifs is 2. The van der Waals surface area contributed by atoms with Gasteiger partial charge in [0.25, 0.3) is 5.91 Å². The van der Waals surface area contributed by atoms with E-state index in [0.29, 0.717) is 103 Å². The maximum absolute atomic E-state index is 13.0. The Hall–Kier alpha value is -5.83. The molecule has 3 fully saturated rings. The molecule has 1 unspecified atom stereocenters. The van der Waals surface area contributed by atoms with E-state index in [1.165, 1.54) is 45.2 Å². The zero-order valence-electron chi connectivity index (χ0n) is 48.3. The molecule has 18 nitrogen and oxygen atoms in total. The molecule has 0 aromatic heterocycles. The van der Waals surface area contributed by atoms with E-state index in [1.807, 2.05) is 117 Å². The molecular formula is C62H86ClN7O11. The number of piperidine rings is 1. The third-order valence-corrected chi connectivity index (χ3v) is 15.2. The molecular weight excluding hydrogens is 1050 g/mol. The maximum atomic E-state index is 13.0. The topological polar surface area (TPSA) is 173 Å². The Bertz CT molecular complexity index is 2580. The number of methoxy groups -OCH3 is 1. The van der Waals surface area contributed by atoms with Crippen LogP contribution >= 0.6 is 11.6 Å². The van der Waals surface area contributed by atoms with Crippen LogP contribution in [0.4, 0.5) is 17.1 Å². The van der Waals surface area contributed by atoms with Crippen LogP contribution in [0.3, 0.4) is 0 Å². The molecule has 4 heterocycles. The van der Waals surface area contributed by atoms with E-state index < -0.39 is 11.9 Å². The molecule has 442 valence electrons. The first-order valence-corrected chi connectivity index (χ1v) is 29.3. The SMILES string of the molecule is COc1cc2c(cc1OC(C)C)CN(c1ccc(N(C)C)cc1)C(=O)C2.Clc1ccccc1.O=C1CCC(N2Cc3c(NCCOCCOCCOCCOCCOCCN4CCN(C5CCCCC5)CC4)cccc3C2=O)C(=O)N1. The lowest BCUT2D eigenvalue weighted by atomic mass is 9.94. The van der Waals surface area contributed by atoms with Crippen molar-refractivity contribution < 1.29 is 52.3 Å². The van der Waals surface area contributed by atoms with Gasteiger partial charge >= 0.3 is 0 Å². The number of benzene rings is 4.